The third kappa shape index (κ3) is 1.82. The summed E-state index contributed by atoms with van der Waals surface area (Å²) < 4.78 is 1.66. The van der Waals surface area contributed by atoms with Gasteiger partial charge in [0.25, 0.3) is 0 Å². The maximum absolute atomic E-state index is 12.1. The van der Waals surface area contributed by atoms with Crippen molar-refractivity contribution < 1.29 is 4.79 Å². The molecule has 1 aromatic carbocycles. The van der Waals surface area contributed by atoms with Crippen LogP contribution in [0.4, 0.5) is 5.69 Å². The number of benzene rings is 1. The minimum atomic E-state index is 0.0960. The lowest BCUT2D eigenvalue weighted by Crippen LogP contribution is -2.32. The summed E-state index contributed by atoms with van der Waals surface area (Å²) in [6.45, 7) is 1.08. The van der Waals surface area contributed by atoms with E-state index in [1.807, 2.05) is 29.2 Å². The topological polar surface area (TPSA) is 38.1 Å². The number of carbonyl (C=O) groups excluding carboxylic acids is 1. The van der Waals surface area contributed by atoms with Crippen LogP contribution in [0.25, 0.3) is 0 Å². The van der Waals surface area contributed by atoms with Crippen molar-refractivity contribution in [2.45, 2.75) is 13.0 Å². The van der Waals surface area contributed by atoms with Crippen LogP contribution < -0.4 is 4.90 Å². The summed E-state index contributed by atoms with van der Waals surface area (Å²) in [4.78, 5) is 14.0. The van der Waals surface area contributed by atoms with Crippen molar-refractivity contribution in [3.05, 3.63) is 48.3 Å². The Morgan fingerprint density at radius 1 is 1.29 bits per heavy atom. The van der Waals surface area contributed by atoms with Gasteiger partial charge in [-0.3, -0.25) is 9.48 Å². The van der Waals surface area contributed by atoms with Crippen LogP contribution in [0.5, 0.6) is 0 Å². The number of rotatable bonds is 2. The van der Waals surface area contributed by atoms with Crippen LogP contribution in [0.15, 0.2) is 42.7 Å². The van der Waals surface area contributed by atoms with Gasteiger partial charge < -0.3 is 4.90 Å². The third-order valence-electron chi connectivity index (χ3n) is 3.04. The Kier molecular flexibility index (Phi) is 2.40. The van der Waals surface area contributed by atoms with Gasteiger partial charge in [-0.15, -0.1) is 0 Å². The predicted octanol–water partition coefficient (Wildman–Crippen LogP) is 1.47. The molecule has 0 fully saturated rings. The molecule has 1 aromatic heterocycles. The van der Waals surface area contributed by atoms with Crippen molar-refractivity contribution in [1.29, 1.82) is 0 Å². The van der Waals surface area contributed by atoms with Gasteiger partial charge in [-0.2, -0.15) is 5.10 Å². The number of hydrogen-bond acceptors (Lipinski definition) is 2. The van der Waals surface area contributed by atoms with Gasteiger partial charge in [-0.05, 0) is 24.1 Å². The van der Waals surface area contributed by atoms with Gasteiger partial charge in [-0.1, -0.05) is 18.2 Å². The Labute approximate surface area is 99.5 Å². The number of anilines is 1. The summed E-state index contributed by atoms with van der Waals surface area (Å²) in [6.07, 6.45) is 4.44. The van der Waals surface area contributed by atoms with Crippen LogP contribution in [-0.2, 0) is 17.8 Å². The molecule has 0 bridgehead atoms. The lowest BCUT2D eigenvalue weighted by atomic mass is 10.2. The molecule has 0 aliphatic carbocycles. The van der Waals surface area contributed by atoms with E-state index in [2.05, 4.69) is 11.2 Å². The zero-order chi connectivity index (χ0) is 11.7. The Morgan fingerprint density at radius 2 is 2.18 bits per heavy atom. The number of hydrogen-bond donors (Lipinski definition) is 0. The highest BCUT2D eigenvalue weighted by Gasteiger charge is 2.23. The van der Waals surface area contributed by atoms with Crippen molar-refractivity contribution in [2.24, 2.45) is 0 Å². The van der Waals surface area contributed by atoms with Gasteiger partial charge in [0.1, 0.15) is 6.54 Å². The third-order valence-corrected chi connectivity index (χ3v) is 3.04. The number of fused-ring (bicyclic) bond motifs is 1. The van der Waals surface area contributed by atoms with Gasteiger partial charge in [0.2, 0.25) is 5.91 Å². The fraction of sp³-hybridized carbons (Fsp3) is 0.231. The number of carbonyl (C=O) groups is 1. The van der Waals surface area contributed by atoms with E-state index >= 15 is 0 Å². The van der Waals surface area contributed by atoms with Crippen molar-refractivity contribution in [3.63, 3.8) is 0 Å². The summed E-state index contributed by atoms with van der Waals surface area (Å²) >= 11 is 0. The highest BCUT2D eigenvalue weighted by atomic mass is 16.2. The first-order valence-corrected chi connectivity index (χ1v) is 5.70. The molecule has 2 aromatic rings. The quantitative estimate of drug-likeness (QED) is 0.779. The average molecular weight is 227 g/mol. The average Bonchev–Trinajstić information content (AvgIpc) is 2.96. The Balaban J connectivity index is 1.80. The summed E-state index contributed by atoms with van der Waals surface area (Å²) in [5.74, 6) is 0.0960. The van der Waals surface area contributed by atoms with E-state index in [-0.39, 0.29) is 5.91 Å². The first-order valence-electron chi connectivity index (χ1n) is 5.70. The van der Waals surface area contributed by atoms with Crippen molar-refractivity contribution in [3.8, 4) is 0 Å². The Bertz CT molecular complexity index is 533. The van der Waals surface area contributed by atoms with Gasteiger partial charge in [0, 0.05) is 24.6 Å². The molecule has 0 atom stereocenters. The van der Waals surface area contributed by atoms with Crippen LogP contribution in [0.2, 0.25) is 0 Å². The normalized spacial score (nSPS) is 13.8. The molecule has 2 heterocycles. The number of aromatic nitrogens is 2. The molecule has 1 amide bonds. The fourth-order valence-corrected chi connectivity index (χ4v) is 2.22. The largest absolute Gasteiger partial charge is 0.310 e. The first-order chi connectivity index (χ1) is 8.34. The summed E-state index contributed by atoms with van der Waals surface area (Å²) in [5, 5.41) is 4.05. The van der Waals surface area contributed by atoms with Crippen LogP contribution >= 0.6 is 0 Å². The smallest absolute Gasteiger partial charge is 0.248 e. The maximum Gasteiger partial charge on any atom is 0.248 e. The maximum atomic E-state index is 12.1. The molecule has 0 N–H and O–H groups in total. The summed E-state index contributed by atoms with van der Waals surface area (Å²) in [5.41, 5.74) is 2.30. The van der Waals surface area contributed by atoms with Crippen LogP contribution in [0.3, 0.4) is 0 Å². The van der Waals surface area contributed by atoms with Crippen LogP contribution in [0.1, 0.15) is 5.56 Å². The molecular formula is C13H13N3O. The molecule has 3 rings (SSSR count). The zero-order valence-corrected chi connectivity index (χ0v) is 9.41. The zero-order valence-electron chi connectivity index (χ0n) is 9.41. The molecule has 1 aliphatic heterocycles. The van der Waals surface area contributed by atoms with Crippen molar-refractivity contribution in [1.82, 2.24) is 9.78 Å². The molecule has 0 saturated heterocycles. The molecule has 0 spiro atoms. The monoisotopic (exact) mass is 227 g/mol. The van der Waals surface area contributed by atoms with Gasteiger partial charge in [0.15, 0.2) is 0 Å². The number of nitrogens with zero attached hydrogens (tertiary/aromatic N) is 3. The van der Waals surface area contributed by atoms with Crippen LogP contribution in [0, 0.1) is 0 Å². The molecule has 0 saturated carbocycles. The second kappa shape index (κ2) is 4.05. The second-order valence-electron chi connectivity index (χ2n) is 4.13. The molecule has 17 heavy (non-hydrogen) atoms. The van der Waals surface area contributed by atoms with E-state index in [1.165, 1.54) is 5.56 Å². The van der Waals surface area contributed by atoms with Crippen molar-refractivity contribution >= 4 is 11.6 Å². The molecule has 4 nitrogen and oxygen atoms in total. The minimum Gasteiger partial charge on any atom is -0.310 e. The van der Waals surface area contributed by atoms with E-state index in [9.17, 15) is 4.79 Å². The minimum absolute atomic E-state index is 0.0960. The predicted molar refractivity (Wildman–Crippen MR) is 64.7 cm³/mol. The van der Waals surface area contributed by atoms with E-state index in [0.29, 0.717) is 6.54 Å². The van der Waals surface area contributed by atoms with E-state index < -0.39 is 0 Å². The van der Waals surface area contributed by atoms with Crippen molar-refractivity contribution in [2.75, 3.05) is 11.4 Å². The van der Waals surface area contributed by atoms with Gasteiger partial charge in [0.05, 0.1) is 0 Å². The number of para-hydroxylation sites is 1. The highest BCUT2D eigenvalue weighted by molar-refractivity contribution is 5.95. The first kappa shape index (κ1) is 10.1. The molecule has 1 aliphatic rings. The van der Waals surface area contributed by atoms with E-state index in [4.69, 9.17) is 0 Å². The van der Waals surface area contributed by atoms with Gasteiger partial charge >= 0.3 is 0 Å². The van der Waals surface area contributed by atoms with E-state index in [1.54, 1.807) is 17.1 Å². The summed E-state index contributed by atoms with van der Waals surface area (Å²) in [6, 6.07) is 9.89. The Hall–Kier alpha value is -2.10. The van der Waals surface area contributed by atoms with Crippen LogP contribution in [-0.4, -0.2) is 22.2 Å². The van der Waals surface area contributed by atoms with E-state index in [0.717, 1.165) is 18.7 Å². The highest BCUT2D eigenvalue weighted by Crippen LogP contribution is 2.27. The SMILES string of the molecule is O=C(Cn1cccn1)N1CCc2ccccc21. The second-order valence-corrected chi connectivity index (χ2v) is 4.13. The lowest BCUT2D eigenvalue weighted by molar-refractivity contribution is -0.119. The molecule has 4 heteroatoms. The fourth-order valence-electron chi connectivity index (χ4n) is 2.22. The van der Waals surface area contributed by atoms with Gasteiger partial charge in [-0.25, -0.2) is 0 Å². The Morgan fingerprint density at radius 3 is 3.00 bits per heavy atom. The summed E-state index contributed by atoms with van der Waals surface area (Å²) in [7, 11) is 0. The molecule has 0 unspecified atom stereocenters. The molecule has 86 valence electrons. The molecule has 0 radical (unpaired) electrons. The number of amides is 1. The molecular weight excluding hydrogens is 214 g/mol. The lowest BCUT2D eigenvalue weighted by Gasteiger charge is -2.17. The standard InChI is InChI=1S/C13H13N3O/c17-13(10-15-8-3-7-14-15)16-9-6-11-4-1-2-5-12(11)16/h1-5,7-8H,6,9-10H2.